The summed E-state index contributed by atoms with van der Waals surface area (Å²) in [6, 6.07) is 25.7. The summed E-state index contributed by atoms with van der Waals surface area (Å²) in [5, 5.41) is 0. The predicted octanol–water partition coefficient (Wildman–Crippen LogP) is 6.57. The van der Waals surface area contributed by atoms with E-state index in [1.54, 1.807) is 0 Å². The molecule has 0 aliphatic carbocycles. The lowest BCUT2D eigenvalue weighted by Crippen LogP contribution is -2.11. The molecule has 3 aromatic carbocycles. The van der Waals surface area contributed by atoms with Gasteiger partial charge in [0.05, 0.1) is 0 Å². The number of para-hydroxylation sites is 2. The van der Waals surface area contributed by atoms with E-state index in [0.717, 1.165) is 23.0 Å². The van der Waals surface area contributed by atoms with Crippen molar-refractivity contribution < 1.29 is 9.47 Å². The highest BCUT2D eigenvalue weighted by Gasteiger charge is 2.17. The van der Waals surface area contributed by atoms with E-state index in [1.165, 1.54) is 5.56 Å². The van der Waals surface area contributed by atoms with Crippen LogP contribution < -0.4 is 9.47 Å². The smallest absolute Gasteiger partial charge is 0.131 e. The molecule has 0 aliphatic rings. The molecule has 0 amide bonds. The van der Waals surface area contributed by atoms with Crippen LogP contribution in [0.3, 0.4) is 0 Å². The molecule has 0 unspecified atom stereocenters. The summed E-state index contributed by atoms with van der Waals surface area (Å²) >= 11 is 0. The maximum Gasteiger partial charge on any atom is 0.131 e. The fraction of sp³-hybridized carbons (Fsp3) is 0.182. The second kappa shape index (κ2) is 6.79. The van der Waals surface area contributed by atoms with E-state index < -0.39 is 0 Å². The molecular weight excluding hydrogens is 296 g/mol. The van der Waals surface area contributed by atoms with Crippen molar-refractivity contribution in [2.45, 2.75) is 26.2 Å². The molecule has 122 valence electrons. The highest BCUT2D eigenvalue weighted by atomic mass is 16.5. The van der Waals surface area contributed by atoms with Crippen LogP contribution in [0.25, 0.3) is 0 Å². The molecule has 0 saturated carbocycles. The van der Waals surface area contributed by atoms with Gasteiger partial charge in [0, 0.05) is 6.07 Å². The van der Waals surface area contributed by atoms with Crippen molar-refractivity contribution >= 4 is 0 Å². The fourth-order valence-corrected chi connectivity index (χ4v) is 2.37. The Bertz CT molecular complexity index is 727. The van der Waals surface area contributed by atoms with Gasteiger partial charge in [-0.25, -0.2) is 0 Å². The summed E-state index contributed by atoms with van der Waals surface area (Å²) in [5.41, 5.74) is 1.17. The second-order valence-electron chi connectivity index (χ2n) is 6.77. The van der Waals surface area contributed by atoms with E-state index in [2.05, 4.69) is 32.9 Å². The Kier molecular flexibility index (Phi) is 4.57. The van der Waals surface area contributed by atoms with Crippen LogP contribution in [0.5, 0.6) is 23.0 Å². The molecule has 0 aliphatic heterocycles. The first-order valence-corrected chi connectivity index (χ1v) is 8.12. The average molecular weight is 318 g/mol. The van der Waals surface area contributed by atoms with Crippen molar-refractivity contribution in [1.82, 2.24) is 0 Å². The Morgan fingerprint density at radius 1 is 0.542 bits per heavy atom. The Hall–Kier alpha value is -2.74. The van der Waals surface area contributed by atoms with Crippen LogP contribution in [0.15, 0.2) is 78.9 Å². The SMILES string of the molecule is CC(C)(C)c1cc(Oc2ccccc2)cc(Oc2ccccc2)c1. The fourth-order valence-electron chi connectivity index (χ4n) is 2.37. The molecule has 24 heavy (non-hydrogen) atoms. The molecule has 0 spiro atoms. The number of hydrogen-bond donors (Lipinski definition) is 0. The van der Waals surface area contributed by atoms with Crippen LogP contribution in [-0.4, -0.2) is 0 Å². The third-order valence-corrected chi connectivity index (χ3v) is 3.70. The molecular formula is C22H22O2. The molecule has 3 rings (SSSR count). The van der Waals surface area contributed by atoms with Gasteiger partial charge < -0.3 is 9.47 Å². The first kappa shape index (κ1) is 16.1. The highest BCUT2D eigenvalue weighted by molar-refractivity contribution is 5.44. The van der Waals surface area contributed by atoms with Crippen LogP contribution in [0.4, 0.5) is 0 Å². The van der Waals surface area contributed by atoms with Crippen LogP contribution in [-0.2, 0) is 5.41 Å². The zero-order chi connectivity index (χ0) is 17.0. The monoisotopic (exact) mass is 318 g/mol. The third-order valence-electron chi connectivity index (χ3n) is 3.70. The van der Waals surface area contributed by atoms with E-state index in [4.69, 9.17) is 9.47 Å². The quantitative estimate of drug-likeness (QED) is 0.541. The molecule has 0 aromatic heterocycles. The van der Waals surface area contributed by atoms with Crippen LogP contribution in [0.1, 0.15) is 26.3 Å². The summed E-state index contributed by atoms with van der Waals surface area (Å²) in [6.07, 6.45) is 0. The van der Waals surface area contributed by atoms with Crippen LogP contribution in [0.2, 0.25) is 0 Å². The molecule has 2 nitrogen and oxygen atoms in total. The molecule has 0 fully saturated rings. The van der Waals surface area contributed by atoms with Gasteiger partial charge in [0.2, 0.25) is 0 Å². The molecule has 0 radical (unpaired) electrons. The van der Waals surface area contributed by atoms with Gasteiger partial charge in [-0.1, -0.05) is 57.2 Å². The maximum atomic E-state index is 6.01. The minimum Gasteiger partial charge on any atom is -0.457 e. The zero-order valence-electron chi connectivity index (χ0n) is 14.3. The topological polar surface area (TPSA) is 18.5 Å². The number of rotatable bonds is 4. The van der Waals surface area contributed by atoms with Gasteiger partial charge in [0.15, 0.2) is 0 Å². The third kappa shape index (κ3) is 4.17. The summed E-state index contributed by atoms with van der Waals surface area (Å²) in [6.45, 7) is 6.54. The van der Waals surface area contributed by atoms with E-state index in [1.807, 2.05) is 66.7 Å². The van der Waals surface area contributed by atoms with Crippen molar-refractivity contribution in [3.63, 3.8) is 0 Å². The largest absolute Gasteiger partial charge is 0.457 e. The summed E-state index contributed by atoms with van der Waals surface area (Å²) in [7, 11) is 0. The van der Waals surface area contributed by atoms with Crippen LogP contribution >= 0.6 is 0 Å². The lowest BCUT2D eigenvalue weighted by atomic mass is 9.87. The molecule has 0 N–H and O–H groups in total. The summed E-state index contributed by atoms with van der Waals surface area (Å²) < 4.78 is 12.0. The Balaban J connectivity index is 1.94. The molecule has 0 saturated heterocycles. The van der Waals surface area contributed by atoms with Gasteiger partial charge in [0.1, 0.15) is 23.0 Å². The number of hydrogen-bond acceptors (Lipinski definition) is 2. The molecule has 3 aromatic rings. The van der Waals surface area contributed by atoms with E-state index in [9.17, 15) is 0 Å². The van der Waals surface area contributed by atoms with E-state index in [0.29, 0.717) is 0 Å². The van der Waals surface area contributed by atoms with E-state index in [-0.39, 0.29) is 5.41 Å². The summed E-state index contributed by atoms with van der Waals surface area (Å²) in [5.74, 6) is 3.18. The van der Waals surface area contributed by atoms with Gasteiger partial charge in [-0.05, 0) is 47.4 Å². The van der Waals surface area contributed by atoms with Gasteiger partial charge in [-0.15, -0.1) is 0 Å². The van der Waals surface area contributed by atoms with Gasteiger partial charge >= 0.3 is 0 Å². The normalized spacial score (nSPS) is 11.1. The van der Waals surface area contributed by atoms with Crippen molar-refractivity contribution in [3.8, 4) is 23.0 Å². The molecule has 0 heterocycles. The Morgan fingerprint density at radius 3 is 1.33 bits per heavy atom. The summed E-state index contributed by atoms with van der Waals surface area (Å²) in [4.78, 5) is 0. The van der Waals surface area contributed by atoms with Crippen LogP contribution in [0, 0.1) is 0 Å². The Labute approximate surface area is 143 Å². The molecule has 2 heteroatoms. The van der Waals surface area contributed by atoms with E-state index >= 15 is 0 Å². The van der Waals surface area contributed by atoms with Crippen molar-refractivity contribution in [2.24, 2.45) is 0 Å². The number of benzene rings is 3. The average Bonchev–Trinajstić information content (AvgIpc) is 2.56. The predicted molar refractivity (Wildman–Crippen MR) is 98.2 cm³/mol. The molecule has 0 atom stereocenters. The van der Waals surface area contributed by atoms with Crippen molar-refractivity contribution in [1.29, 1.82) is 0 Å². The Morgan fingerprint density at radius 2 is 0.958 bits per heavy atom. The van der Waals surface area contributed by atoms with Gasteiger partial charge in [-0.2, -0.15) is 0 Å². The second-order valence-corrected chi connectivity index (χ2v) is 6.77. The van der Waals surface area contributed by atoms with Gasteiger partial charge in [0.25, 0.3) is 0 Å². The van der Waals surface area contributed by atoms with Crippen molar-refractivity contribution in [2.75, 3.05) is 0 Å². The van der Waals surface area contributed by atoms with Crippen molar-refractivity contribution in [3.05, 3.63) is 84.4 Å². The first-order valence-electron chi connectivity index (χ1n) is 8.12. The number of ether oxygens (including phenoxy) is 2. The maximum absolute atomic E-state index is 6.01. The minimum absolute atomic E-state index is 0.00482. The lowest BCUT2D eigenvalue weighted by Gasteiger charge is -2.21. The first-order chi connectivity index (χ1) is 11.5. The lowest BCUT2D eigenvalue weighted by molar-refractivity contribution is 0.454. The highest BCUT2D eigenvalue weighted by Crippen LogP contribution is 2.34. The minimum atomic E-state index is 0.00482. The zero-order valence-corrected chi connectivity index (χ0v) is 14.3. The molecule has 0 bridgehead atoms. The van der Waals surface area contributed by atoms with Gasteiger partial charge in [-0.3, -0.25) is 0 Å². The standard InChI is InChI=1S/C22H22O2/c1-22(2,3)17-14-20(23-18-10-6-4-7-11-18)16-21(15-17)24-19-12-8-5-9-13-19/h4-16H,1-3H3.